The number of hydrazone groups is 1. The van der Waals surface area contributed by atoms with Crippen molar-refractivity contribution in [2.45, 2.75) is 70.0 Å². The molecule has 11 heteroatoms. The van der Waals surface area contributed by atoms with Crippen molar-refractivity contribution in [2.24, 2.45) is 5.10 Å². The zero-order valence-corrected chi connectivity index (χ0v) is 20.2. The van der Waals surface area contributed by atoms with E-state index in [2.05, 4.69) is 23.2 Å². The quantitative estimate of drug-likeness (QED) is 0.209. The predicted octanol–water partition coefficient (Wildman–Crippen LogP) is 2.41. The lowest BCUT2D eigenvalue weighted by molar-refractivity contribution is -0.197. The Balaban J connectivity index is 1.54. The molecule has 2 N–H and O–H groups in total. The molecule has 1 fully saturated rings. The number of ether oxygens (including phenoxy) is 1. The van der Waals surface area contributed by atoms with Crippen LogP contribution in [-0.4, -0.2) is 50.9 Å². The topological polar surface area (TPSA) is 135 Å². The molecule has 1 aromatic carbocycles. The molecule has 0 radical (unpaired) electrons. The number of phenols is 1. The lowest BCUT2D eigenvalue weighted by atomic mass is 9.89. The van der Waals surface area contributed by atoms with Crippen molar-refractivity contribution in [3.05, 3.63) is 23.3 Å². The second kappa shape index (κ2) is 10.9. The molecule has 10 nitrogen and oxygen atoms in total. The van der Waals surface area contributed by atoms with E-state index in [1.54, 1.807) is 0 Å². The van der Waals surface area contributed by atoms with Gasteiger partial charge in [0.1, 0.15) is 11.5 Å². The maximum Gasteiger partial charge on any atom is 0.333 e. The molecule has 2 aliphatic rings. The number of hydroxylamine groups is 2. The summed E-state index contributed by atoms with van der Waals surface area (Å²) in [5, 5.41) is 15.3. The molecule has 0 aromatic heterocycles. The highest BCUT2D eigenvalue weighted by Crippen LogP contribution is 2.33. The first-order valence-electron chi connectivity index (χ1n) is 11.2. The molecule has 1 heterocycles. The molecule has 1 aliphatic heterocycles. The molecule has 0 spiro atoms. The fourth-order valence-corrected chi connectivity index (χ4v) is 3.87. The van der Waals surface area contributed by atoms with Gasteiger partial charge in [-0.05, 0) is 37.3 Å². The van der Waals surface area contributed by atoms with Crippen LogP contribution in [-0.2, 0) is 30.4 Å². The van der Waals surface area contributed by atoms with E-state index in [-0.39, 0.29) is 43.9 Å². The highest BCUT2D eigenvalue weighted by molar-refractivity contribution is 7.81. The molecular formula is C23H29N3O7S. The number of fused-ring (bicyclic) bond motifs is 1. The molecule has 3 amide bonds. The number of phenolic OH excluding ortho intramolecular Hbond substituents is 1. The van der Waals surface area contributed by atoms with Gasteiger partial charge >= 0.3 is 5.97 Å². The van der Waals surface area contributed by atoms with Crippen molar-refractivity contribution in [1.29, 1.82) is 0 Å². The van der Waals surface area contributed by atoms with Crippen LogP contribution in [0.25, 0.3) is 0 Å². The molecule has 0 unspecified atom stereocenters. The Labute approximate surface area is 203 Å². The largest absolute Gasteiger partial charge is 0.507 e. The van der Waals surface area contributed by atoms with Gasteiger partial charge in [-0.2, -0.15) is 17.7 Å². The normalized spacial score (nSPS) is 17.0. The van der Waals surface area contributed by atoms with E-state index in [1.807, 2.05) is 19.9 Å². The van der Waals surface area contributed by atoms with E-state index >= 15 is 0 Å². The van der Waals surface area contributed by atoms with Gasteiger partial charge in [-0.1, -0.05) is 13.8 Å². The zero-order chi connectivity index (χ0) is 24.9. The minimum atomic E-state index is -0.690. The van der Waals surface area contributed by atoms with E-state index in [0.29, 0.717) is 34.9 Å². The summed E-state index contributed by atoms with van der Waals surface area (Å²) in [6, 6.07) is 3.28. The van der Waals surface area contributed by atoms with E-state index in [4.69, 9.17) is 9.57 Å². The first-order valence-corrected chi connectivity index (χ1v) is 11.6. The summed E-state index contributed by atoms with van der Waals surface area (Å²) in [5.74, 6) is -1.54. The first kappa shape index (κ1) is 25.5. The highest BCUT2D eigenvalue weighted by Gasteiger charge is 2.32. The Kier molecular flexibility index (Phi) is 8.19. The Bertz CT molecular complexity index is 1000. The number of carbonyl (C=O) groups is 4. The SMILES string of the molecule is CC(C)(S)CC(=O)N/N=C1\CCCc2cc(OCCCC(=O)ON3C(=O)CCC3=O)cc(O)c21. The molecular weight excluding hydrogens is 462 g/mol. The van der Waals surface area contributed by atoms with Crippen LogP contribution in [0.1, 0.15) is 69.9 Å². The number of amides is 3. The summed E-state index contributed by atoms with van der Waals surface area (Å²) < 4.78 is 5.22. The molecule has 1 aliphatic carbocycles. The fourth-order valence-electron chi connectivity index (χ4n) is 3.73. The lowest BCUT2D eigenvalue weighted by Crippen LogP contribution is -2.32. The summed E-state index contributed by atoms with van der Waals surface area (Å²) in [6.45, 7) is 3.85. The number of rotatable bonds is 9. The van der Waals surface area contributed by atoms with Crippen molar-refractivity contribution in [3.63, 3.8) is 0 Å². The summed E-state index contributed by atoms with van der Waals surface area (Å²) in [4.78, 5) is 51.7. The average molecular weight is 492 g/mol. The average Bonchev–Trinajstić information content (AvgIpc) is 3.06. The van der Waals surface area contributed by atoms with Gasteiger partial charge in [0.15, 0.2) is 0 Å². The van der Waals surface area contributed by atoms with E-state index in [9.17, 15) is 24.3 Å². The molecule has 184 valence electrons. The van der Waals surface area contributed by atoms with Crippen LogP contribution in [0.4, 0.5) is 0 Å². The number of hydrogen-bond donors (Lipinski definition) is 3. The number of hydrogen-bond acceptors (Lipinski definition) is 9. The Morgan fingerprint density at radius 2 is 1.88 bits per heavy atom. The third kappa shape index (κ3) is 6.96. The van der Waals surface area contributed by atoms with Crippen molar-refractivity contribution in [2.75, 3.05) is 6.61 Å². The zero-order valence-electron chi connectivity index (χ0n) is 19.3. The summed E-state index contributed by atoms with van der Waals surface area (Å²) in [5.41, 5.74) is 4.59. The van der Waals surface area contributed by atoms with E-state index in [1.165, 1.54) is 6.07 Å². The second-order valence-electron chi connectivity index (χ2n) is 8.91. The Hall–Kier alpha value is -3.08. The lowest BCUT2D eigenvalue weighted by Gasteiger charge is -2.21. The van der Waals surface area contributed by atoms with E-state index in [0.717, 1.165) is 18.4 Å². The summed E-state index contributed by atoms with van der Waals surface area (Å²) in [6.07, 6.45) is 2.71. The fraction of sp³-hybridized carbons (Fsp3) is 0.522. The van der Waals surface area contributed by atoms with Crippen LogP contribution in [0.5, 0.6) is 11.5 Å². The van der Waals surface area contributed by atoms with Gasteiger partial charge in [0.25, 0.3) is 11.8 Å². The van der Waals surface area contributed by atoms with Crippen molar-refractivity contribution in [1.82, 2.24) is 10.5 Å². The predicted molar refractivity (Wildman–Crippen MR) is 125 cm³/mol. The molecule has 1 aromatic rings. The number of nitrogens with one attached hydrogen (secondary N) is 1. The minimum Gasteiger partial charge on any atom is -0.507 e. The summed E-state index contributed by atoms with van der Waals surface area (Å²) >= 11 is 4.35. The number of benzene rings is 1. The Morgan fingerprint density at radius 3 is 2.56 bits per heavy atom. The van der Waals surface area contributed by atoms with Gasteiger partial charge in [-0.25, -0.2) is 10.2 Å². The third-order valence-corrected chi connectivity index (χ3v) is 5.38. The van der Waals surface area contributed by atoms with Crippen LogP contribution < -0.4 is 10.2 Å². The van der Waals surface area contributed by atoms with Crippen molar-refractivity contribution < 1.29 is 33.9 Å². The second-order valence-corrected chi connectivity index (χ2v) is 10.1. The number of imide groups is 1. The number of nitrogens with zero attached hydrogens (tertiary/aromatic N) is 2. The molecule has 1 saturated heterocycles. The number of aryl methyl sites for hydroxylation is 1. The first-order chi connectivity index (χ1) is 16.0. The maximum atomic E-state index is 12.1. The van der Waals surface area contributed by atoms with Crippen molar-refractivity contribution in [3.8, 4) is 11.5 Å². The highest BCUT2D eigenvalue weighted by atomic mass is 32.1. The van der Waals surface area contributed by atoms with Crippen LogP contribution in [0.3, 0.4) is 0 Å². The molecule has 0 bridgehead atoms. The summed E-state index contributed by atoms with van der Waals surface area (Å²) in [7, 11) is 0. The number of carbonyl (C=O) groups excluding carboxylic acids is 4. The van der Waals surface area contributed by atoms with Gasteiger partial charge in [0.05, 0.1) is 18.7 Å². The maximum absolute atomic E-state index is 12.1. The van der Waals surface area contributed by atoms with Gasteiger partial charge < -0.3 is 14.7 Å². The third-order valence-electron chi connectivity index (χ3n) is 5.22. The molecule has 0 saturated carbocycles. The van der Waals surface area contributed by atoms with Crippen LogP contribution >= 0.6 is 12.6 Å². The van der Waals surface area contributed by atoms with Gasteiger partial charge in [0.2, 0.25) is 5.91 Å². The minimum absolute atomic E-state index is 0.000178. The Morgan fingerprint density at radius 1 is 1.18 bits per heavy atom. The van der Waals surface area contributed by atoms with Gasteiger partial charge in [-0.3, -0.25) is 14.4 Å². The number of aromatic hydroxyl groups is 1. The smallest absolute Gasteiger partial charge is 0.333 e. The molecule has 34 heavy (non-hydrogen) atoms. The number of thiol groups is 1. The molecule has 0 atom stereocenters. The van der Waals surface area contributed by atoms with E-state index < -0.39 is 22.5 Å². The monoisotopic (exact) mass is 491 g/mol. The van der Waals surface area contributed by atoms with Gasteiger partial charge in [0, 0.05) is 35.6 Å². The van der Waals surface area contributed by atoms with Crippen LogP contribution in [0, 0.1) is 0 Å². The van der Waals surface area contributed by atoms with Crippen LogP contribution in [0.2, 0.25) is 0 Å². The molecule has 3 rings (SSSR count). The van der Waals surface area contributed by atoms with Crippen LogP contribution in [0.15, 0.2) is 17.2 Å². The van der Waals surface area contributed by atoms with Crippen molar-refractivity contribution >= 4 is 42.0 Å². The van der Waals surface area contributed by atoms with Gasteiger partial charge in [-0.15, -0.1) is 5.06 Å². The standard InChI is InChI=1S/C23H29N3O7S/c1-23(2,34)13-18(28)25-24-16-6-3-5-14-11-15(12-17(27)22(14)16)32-10-4-7-21(31)33-26-19(29)8-9-20(26)30/h11-12,27,34H,3-10,13H2,1-2H3,(H,25,28)/b24-16+.